The molecule has 0 unspecified atom stereocenters. The summed E-state index contributed by atoms with van der Waals surface area (Å²) in [6, 6.07) is 20.9. The first-order valence-electron chi connectivity index (χ1n) is 9.13. The summed E-state index contributed by atoms with van der Waals surface area (Å²) in [6.07, 6.45) is 4.90. The van der Waals surface area contributed by atoms with Gasteiger partial charge in [0.25, 0.3) is 0 Å². The summed E-state index contributed by atoms with van der Waals surface area (Å²) < 4.78 is 0. The van der Waals surface area contributed by atoms with Crippen LogP contribution in [-0.4, -0.2) is 11.9 Å². The molecule has 2 nitrogen and oxygen atoms in total. The van der Waals surface area contributed by atoms with Crippen molar-refractivity contribution in [2.75, 3.05) is 0 Å². The van der Waals surface area contributed by atoms with E-state index < -0.39 is 0 Å². The molecule has 0 radical (unpaired) electrons. The minimum Gasteiger partial charge on any atom is -0.353 e. The smallest absolute Gasteiger partial charge is 0.221 e. The highest BCUT2D eigenvalue weighted by Gasteiger charge is 2.19. The molecule has 1 amide bonds. The first-order valence-corrected chi connectivity index (χ1v) is 9.13. The van der Waals surface area contributed by atoms with E-state index in [-0.39, 0.29) is 11.8 Å². The number of carbonyl (C=O) groups is 1. The van der Waals surface area contributed by atoms with Crippen LogP contribution in [-0.2, 0) is 4.79 Å². The summed E-state index contributed by atoms with van der Waals surface area (Å²) in [5.74, 6) is 0.256. The molecule has 0 saturated carbocycles. The van der Waals surface area contributed by atoms with E-state index in [0.717, 1.165) is 12.8 Å². The highest BCUT2D eigenvalue weighted by atomic mass is 16.1. The van der Waals surface area contributed by atoms with E-state index in [1.807, 2.05) is 36.4 Å². The van der Waals surface area contributed by atoms with Gasteiger partial charge in [0.15, 0.2) is 0 Å². The van der Waals surface area contributed by atoms with Crippen LogP contribution >= 0.6 is 0 Å². The molecule has 0 aromatic heterocycles. The van der Waals surface area contributed by atoms with Crippen molar-refractivity contribution >= 4 is 5.91 Å². The molecule has 2 aromatic rings. The van der Waals surface area contributed by atoms with Crippen LogP contribution in [0.15, 0.2) is 60.7 Å². The molecule has 0 aliphatic carbocycles. The van der Waals surface area contributed by atoms with Crippen LogP contribution in [0.1, 0.15) is 63.0 Å². The number of nitrogens with one attached hydrogen (secondary N) is 1. The van der Waals surface area contributed by atoms with Gasteiger partial charge in [-0.2, -0.15) is 0 Å². The van der Waals surface area contributed by atoms with Crippen LogP contribution in [0.2, 0.25) is 0 Å². The quantitative estimate of drug-likeness (QED) is 0.667. The fraction of sp³-hybridized carbons (Fsp3) is 0.409. The molecule has 128 valence electrons. The molecule has 0 spiro atoms. The highest BCUT2D eigenvalue weighted by Crippen LogP contribution is 2.27. The Bertz CT molecular complexity index is 554. The fourth-order valence-corrected chi connectivity index (χ4v) is 3.10. The maximum absolute atomic E-state index is 12.6. The predicted octanol–water partition coefficient (Wildman–Crippen LogP) is 5.29. The number of carbonyl (C=O) groups excluding carboxylic acids is 1. The number of unbranched alkanes of at least 4 members (excludes halogenated alkanes) is 1. The van der Waals surface area contributed by atoms with Gasteiger partial charge in [0.2, 0.25) is 5.91 Å². The van der Waals surface area contributed by atoms with Crippen molar-refractivity contribution < 1.29 is 4.79 Å². The van der Waals surface area contributed by atoms with E-state index in [0.29, 0.717) is 12.5 Å². The SMILES string of the molecule is CCCC[C@H](CC)NC(=O)CC(c1ccccc1)c1ccccc1. The molecule has 0 fully saturated rings. The molecule has 0 aliphatic rings. The number of hydrogen-bond donors (Lipinski definition) is 1. The molecule has 0 bridgehead atoms. The summed E-state index contributed by atoms with van der Waals surface area (Å²) >= 11 is 0. The average molecular weight is 323 g/mol. The zero-order valence-electron chi connectivity index (χ0n) is 14.9. The molecule has 1 atom stereocenters. The first kappa shape index (κ1) is 18.3. The standard InChI is InChI=1S/C22H29NO/c1-3-5-16-20(4-2)23-22(24)17-21(18-12-8-6-9-13-18)19-14-10-7-11-15-19/h6-15,20-21H,3-5,16-17H2,1-2H3,(H,23,24)/t20-/m0/s1. The number of hydrogen-bond acceptors (Lipinski definition) is 1. The lowest BCUT2D eigenvalue weighted by Crippen LogP contribution is -2.35. The van der Waals surface area contributed by atoms with Crippen LogP contribution in [0, 0.1) is 0 Å². The van der Waals surface area contributed by atoms with Gasteiger partial charge >= 0.3 is 0 Å². The Labute approximate surface area is 146 Å². The zero-order valence-corrected chi connectivity index (χ0v) is 14.9. The average Bonchev–Trinajstić information content (AvgIpc) is 2.64. The third kappa shape index (κ3) is 5.52. The summed E-state index contributed by atoms with van der Waals surface area (Å²) in [7, 11) is 0. The molecule has 0 aliphatic heterocycles. The number of amides is 1. The Hall–Kier alpha value is -2.09. The van der Waals surface area contributed by atoms with E-state index in [9.17, 15) is 4.79 Å². The van der Waals surface area contributed by atoms with Crippen molar-refractivity contribution in [1.82, 2.24) is 5.32 Å². The molecular weight excluding hydrogens is 294 g/mol. The minimum absolute atomic E-state index is 0.107. The first-order chi connectivity index (χ1) is 11.7. The van der Waals surface area contributed by atoms with E-state index in [1.165, 1.54) is 24.0 Å². The van der Waals surface area contributed by atoms with Crippen molar-refractivity contribution in [3.05, 3.63) is 71.8 Å². The lowest BCUT2D eigenvalue weighted by molar-refractivity contribution is -0.122. The van der Waals surface area contributed by atoms with Gasteiger partial charge in [-0.15, -0.1) is 0 Å². The second-order valence-electron chi connectivity index (χ2n) is 6.39. The molecule has 2 rings (SSSR count). The van der Waals surface area contributed by atoms with Crippen LogP contribution < -0.4 is 5.32 Å². The third-order valence-electron chi connectivity index (χ3n) is 4.56. The molecule has 2 heteroatoms. The van der Waals surface area contributed by atoms with Crippen LogP contribution in [0.3, 0.4) is 0 Å². The van der Waals surface area contributed by atoms with Gasteiger partial charge in [0.1, 0.15) is 0 Å². The van der Waals surface area contributed by atoms with Gasteiger partial charge in [-0.25, -0.2) is 0 Å². The van der Waals surface area contributed by atoms with E-state index in [4.69, 9.17) is 0 Å². The van der Waals surface area contributed by atoms with Crippen LogP contribution in [0.4, 0.5) is 0 Å². The second kappa shape index (κ2) is 9.92. The molecule has 24 heavy (non-hydrogen) atoms. The maximum atomic E-state index is 12.6. The van der Waals surface area contributed by atoms with Crippen molar-refractivity contribution in [2.45, 2.75) is 57.9 Å². The summed E-state index contributed by atoms with van der Waals surface area (Å²) in [4.78, 5) is 12.6. The monoisotopic (exact) mass is 323 g/mol. The van der Waals surface area contributed by atoms with Crippen molar-refractivity contribution in [3.8, 4) is 0 Å². The molecule has 0 heterocycles. The number of benzene rings is 2. The van der Waals surface area contributed by atoms with Gasteiger partial charge in [0, 0.05) is 18.4 Å². The van der Waals surface area contributed by atoms with Gasteiger partial charge in [-0.05, 0) is 24.0 Å². The zero-order chi connectivity index (χ0) is 17.2. The maximum Gasteiger partial charge on any atom is 0.221 e. The van der Waals surface area contributed by atoms with Crippen molar-refractivity contribution in [1.29, 1.82) is 0 Å². The second-order valence-corrected chi connectivity index (χ2v) is 6.39. The Morgan fingerprint density at radius 1 is 0.917 bits per heavy atom. The Kier molecular flexibility index (Phi) is 7.54. The normalized spacial score (nSPS) is 12.1. The minimum atomic E-state index is 0.107. The lowest BCUT2D eigenvalue weighted by Gasteiger charge is -2.21. The summed E-state index contributed by atoms with van der Waals surface area (Å²) in [6.45, 7) is 4.34. The summed E-state index contributed by atoms with van der Waals surface area (Å²) in [5, 5.41) is 3.23. The van der Waals surface area contributed by atoms with Crippen molar-refractivity contribution in [3.63, 3.8) is 0 Å². The third-order valence-corrected chi connectivity index (χ3v) is 4.56. The lowest BCUT2D eigenvalue weighted by atomic mass is 9.88. The molecule has 0 saturated heterocycles. The van der Waals surface area contributed by atoms with Crippen molar-refractivity contribution in [2.24, 2.45) is 0 Å². The Morgan fingerprint density at radius 3 is 1.92 bits per heavy atom. The van der Waals surface area contributed by atoms with Gasteiger partial charge in [-0.1, -0.05) is 87.4 Å². The van der Waals surface area contributed by atoms with Crippen LogP contribution in [0.5, 0.6) is 0 Å². The topological polar surface area (TPSA) is 29.1 Å². The fourth-order valence-electron chi connectivity index (χ4n) is 3.10. The number of rotatable bonds is 9. The highest BCUT2D eigenvalue weighted by molar-refractivity contribution is 5.77. The largest absolute Gasteiger partial charge is 0.353 e. The van der Waals surface area contributed by atoms with E-state index >= 15 is 0 Å². The van der Waals surface area contributed by atoms with Crippen LogP contribution in [0.25, 0.3) is 0 Å². The molecule has 1 N–H and O–H groups in total. The predicted molar refractivity (Wildman–Crippen MR) is 101 cm³/mol. The van der Waals surface area contributed by atoms with Gasteiger partial charge in [-0.3, -0.25) is 4.79 Å². The van der Waals surface area contributed by atoms with E-state index in [1.54, 1.807) is 0 Å². The Morgan fingerprint density at radius 2 is 1.46 bits per heavy atom. The molecule has 2 aromatic carbocycles. The van der Waals surface area contributed by atoms with Gasteiger partial charge in [0.05, 0.1) is 0 Å². The summed E-state index contributed by atoms with van der Waals surface area (Å²) in [5.41, 5.74) is 2.39. The Balaban J connectivity index is 2.10. The van der Waals surface area contributed by atoms with Gasteiger partial charge < -0.3 is 5.32 Å². The van der Waals surface area contributed by atoms with E-state index in [2.05, 4.69) is 43.4 Å². The molecular formula is C22H29NO.